The van der Waals surface area contributed by atoms with E-state index in [0.29, 0.717) is 27.4 Å². The number of fused-ring (bicyclic) bond motifs is 2. The number of carbonyl (C=O) groups excluding carboxylic acids is 3. The minimum atomic E-state index is -0.813. The van der Waals surface area contributed by atoms with Gasteiger partial charge in [0.15, 0.2) is 11.2 Å². The van der Waals surface area contributed by atoms with Crippen molar-refractivity contribution in [3.8, 4) is 0 Å². The van der Waals surface area contributed by atoms with Gasteiger partial charge in [0.1, 0.15) is 29.4 Å². The maximum atomic E-state index is 14.0. The lowest BCUT2D eigenvalue weighted by Gasteiger charge is -2.21. The van der Waals surface area contributed by atoms with Crippen LogP contribution in [-0.2, 0) is 41.5 Å². The van der Waals surface area contributed by atoms with Crippen LogP contribution in [0.2, 0.25) is 5.02 Å². The summed E-state index contributed by atoms with van der Waals surface area (Å²) < 4.78 is 15.8. The topological polar surface area (TPSA) is 198 Å². The second kappa shape index (κ2) is 13.9. The molecule has 0 saturated heterocycles. The van der Waals surface area contributed by atoms with Crippen LogP contribution in [0.15, 0.2) is 46.1 Å². The number of ether oxygens (including phenoxy) is 2. The van der Waals surface area contributed by atoms with Crippen LogP contribution in [0.4, 0.5) is 21.4 Å². The predicted octanol–water partition coefficient (Wildman–Crippen LogP) is 3.55. The van der Waals surface area contributed by atoms with E-state index in [1.807, 2.05) is 0 Å². The van der Waals surface area contributed by atoms with Crippen LogP contribution in [0, 0.1) is 0 Å². The number of carbonyl (C=O) groups is 3. The summed E-state index contributed by atoms with van der Waals surface area (Å²) >= 11 is 6.46. The van der Waals surface area contributed by atoms with Gasteiger partial charge in [-0.15, -0.1) is 0 Å². The first-order chi connectivity index (χ1) is 23.8. The van der Waals surface area contributed by atoms with Gasteiger partial charge in [0.25, 0.3) is 5.56 Å². The molecule has 0 aliphatic carbocycles. The molecule has 0 aliphatic heterocycles. The zero-order chi connectivity index (χ0) is 37.4. The van der Waals surface area contributed by atoms with Gasteiger partial charge < -0.3 is 30.0 Å². The van der Waals surface area contributed by atoms with E-state index in [2.05, 4.69) is 30.9 Å². The van der Waals surface area contributed by atoms with Gasteiger partial charge in [-0.2, -0.15) is 4.98 Å². The third kappa shape index (κ3) is 8.20. The molecule has 0 unspecified atom stereocenters. The Morgan fingerprint density at radius 3 is 2.31 bits per heavy atom. The van der Waals surface area contributed by atoms with Crippen molar-refractivity contribution in [1.82, 2.24) is 43.9 Å². The highest BCUT2D eigenvalue weighted by Gasteiger charge is 2.25. The molecule has 0 bridgehead atoms. The van der Waals surface area contributed by atoms with Gasteiger partial charge in [0.05, 0.1) is 24.3 Å². The molecule has 18 heteroatoms. The standard InChI is InChI=1S/C33H39ClN10O7/c1-32(2,3)50-29(47)37-16-24(45)36-15-23-35-13-12-22(38-23)39-28-40-26-25(41(28)7)27(46)43(30(48)42(26)8)17-18-14-19-20(34)10-9-11-21(19)44(18)31(49)51-33(4,5)6/h9-14H,15-17H2,1-8H3,(H,36,45)(H,37,47)(H,35,38,39,40). The molecule has 0 aliphatic rings. The fourth-order valence-electron chi connectivity index (χ4n) is 5.12. The minimum Gasteiger partial charge on any atom is -0.444 e. The van der Waals surface area contributed by atoms with E-state index in [0.717, 1.165) is 4.57 Å². The highest BCUT2D eigenvalue weighted by atomic mass is 35.5. The maximum Gasteiger partial charge on any atom is 0.419 e. The molecule has 270 valence electrons. The highest BCUT2D eigenvalue weighted by Crippen LogP contribution is 2.28. The number of anilines is 2. The molecule has 4 aromatic heterocycles. The Bertz CT molecular complexity index is 2290. The largest absolute Gasteiger partial charge is 0.444 e. The van der Waals surface area contributed by atoms with Gasteiger partial charge in [-0.1, -0.05) is 17.7 Å². The Labute approximate surface area is 296 Å². The van der Waals surface area contributed by atoms with Crippen molar-refractivity contribution in [2.45, 2.75) is 65.8 Å². The van der Waals surface area contributed by atoms with Gasteiger partial charge in [-0.3, -0.25) is 18.7 Å². The molecule has 0 saturated carbocycles. The molecular weight excluding hydrogens is 684 g/mol. The van der Waals surface area contributed by atoms with Gasteiger partial charge >= 0.3 is 17.9 Å². The zero-order valence-electron chi connectivity index (χ0n) is 29.5. The lowest BCUT2D eigenvalue weighted by atomic mass is 10.2. The van der Waals surface area contributed by atoms with E-state index in [1.165, 1.54) is 26.9 Å². The fourth-order valence-corrected chi connectivity index (χ4v) is 5.34. The number of aromatic nitrogens is 7. The van der Waals surface area contributed by atoms with Gasteiger partial charge in [0, 0.05) is 30.7 Å². The van der Waals surface area contributed by atoms with Crippen molar-refractivity contribution in [1.29, 1.82) is 0 Å². The van der Waals surface area contributed by atoms with Crippen LogP contribution in [0.25, 0.3) is 22.1 Å². The number of amides is 2. The zero-order valence-corrected chi connectivity index (χ0v) is 30.2. The van der Waals surface area contributed by atoms with E-state index in [-0.39, 0.29) is 42.6 Å². The number of alkyl carbamates (subject to hydrolysis) is 1. The number of benzene rings is 1. The predicted molar refractivity (Wildman–Crippen MR) is 189 cm³/mol. The third-order valence-corrected chi connectivity index (χ3v) is 7.64. The summed E-state index contributed by atoms with van der Waals surface area (Å²) in [6.07, 6.45) is 0.0617. The van der Waals surface area contributed by atoms with Gasteiger partial charge in [-0.25, -0.2) is 28.9 Å². The molecular formula is C33H39ClN10O7. The summed E-state index contributed by atoms with van der Waals surface area (Å²) in [6, 6.07) is 8.29. The molecule has 51 heavy (non-hydrogen) atoms. The van der Waals surface area contributed by atoms with Crippen LogP contribution in [-0.4, -0.2) is 69.1 Å². The summed E-state index contributed by atoms with van der Waals surface area (Å²) in [7, 11) is 3.09. The Hall–Kier alpha value is -5.71. The molecule has 2 amide bonds. The fraction of sp³-hybridized carbons (Fsp3) is 0.394. The smallest absolute Gasteiger partial charge is 0.419 e. The van der Waals surface area contributed by atoms with Crippen molar-refractivity contribution in [2.75, 3.05) is 11.9 Å². The Morgan fingerprint density at radius 1 is 0.922 bits per heavy atom. The van der Waals surface area contributed by atoms with Crippen LogP contribution >= 0.6 is 11.6 Å². The SMILES string of the molecule is Cn1c(Nc2ccnc(CNC(=O)CNC(=O)OC(C)(C)C)n2)nc2c1c(=O)n(Cc1cc3c(Cl)cccc3n1C(=O)OC(C)(C)C)c(=O)n2C. The van der Waals surface area contributed by atoms with E-state index in [9.17, 15) is 24.0 Å². The second-order valence-corrected chi connectivity index (χ2v) is 14.0. The highest BCUT2D eigenvalue weighted by molar-refractivity contribution is 6.35. The first-order valence-electron chi connectivity index (χ1n) is 15.8. The first kappa shape index (κ1) is 36.6. The minimum absolute atomic E-state index is 0.0443. The molecule has 0 atom stereocenters. The number of aryl methyl sites for hydroxylation is 2. The summed E-state index contributed by atoms with van der Waals surface area (Å²) in [5.41, 5.74) is -1.82. The van der Waals surface area contributed by atoms with E-state index < -0.39 is 40.5 Å². The third-order valence-electron chi connectivity index (χ3n) is 7.31. The van der Waals surface area contributed by atoms with E-state index >= 15 is 0 Å². The van der Waals surface area contributed by atoms with Crippen LogP contribution in [0.5, 0.6) is 0 Å². The lowest BCUT2D eigenvalue weighted by Crippen LogP contribution is -2.40. The van der Waals surface area contributed by atoms with Crippen molar-refractivity contribution < 1.29 is 23.9 Å². The van der Waals surface area contributed by atoms with Gasteiger partial charge in [-0.05, 0) is 65.8 Å². The Kier molecular flexibility index (Phi) is 9.96. The lowest BCUT2D eigenvalue weighted by molar-refractivity contribution is -0.120. The van der Waals surface area contributed by atoms with Crippen molar-refractivity contribution in [3.05, 3.63) is 73.9 Å². The van der Waals surface area contributed by atoms with Crippen molar-refractivity contribution in [3.63, 3.8) is 0 Å². The average molecular weight is 723 g/mol. The number of imidazole rings is 1. The maximum absolute atomic E-state index is 14.0. The summed E-state index contributed by atoms with van der Waals surface area (Å²) in [5.74, 6) is 0.257. The van der Waals surface area contributed by atoms with E-state index in [4.69, 9.17) is 21.1 Å². The monoisotopic (exact) mass is 722 g/mol. The summed E-state index contributed by atoms with van der Waals surface area (Å²) in [5, 5.41) is 8.97. The van der Waals surface area contributed by atoms with Crippen LogP contribution < -0.4 is 27.2 Å². The van der Waals surface area contributed by atoms with Crippen LogP contribution in [0.3, 0.4) is 0 Å². The number of nitrogens with one attached hydrogen (secondary N) is 3. The van der Waals surface area contributed by atoms with E-state index in [1.54, 1.807) is 78.9 Å². The number of hydrogen-bond acceptors (Lipinski definition) is 11. The first-order valence-corrected chi connectivity index (χ1v) is 16.2. The summed E-state index contributed by atoms with van der Waals surface area (Å²) in [4.78, 5) is 78.1. The Balaban J connectivity index is 1.40. The van der Waals surface area contributed by atoms with Gasteiger partial charge in [0.2, 0.25) is 11.9 Å². The number of nitrogens with zero attached hydrogens (tertiary/aromatic N) is 7. The average Bonchev–Trinajstić information content (AvgIpc) is 3.56. The number of halogens is 1. The molecule has 0 radical (unpaired) electrons. The van der Waals surface area contributed by atoms with Crippen LogP contribution in [0.1, 0.15) is 53.1 Å². The number of rotatable bonds is 8. The number of hydrogen-bond donors (Lipinski definition) is 3. The molecule has 0 spiro atoms. The van der Waals surface area contributed by atoms with Crippen molar-refractivity contribution >= 4 is 63.5 Å². The molecule has 0 fully saturated rings. The Morgan fingerprint density at radius 2 is 1.63 bits per heavy atom. The second-order valence-electron chi connectivity index (χ2n) is 13.6. The molecule has 17 nitrogen and oxygen atoms in total. The molecule has 3 N–H and O–H groups in total. The quantitative estimate of drug-likeness (QED) is 0.212. The molecule has 4 heterocycles. The normalized spacial score (nSPS) is 11.9. The van der Waals surface area contributed by atoms with Crippen molar-refractivity contribution in [2.24, 2.45) is 14.1 Å². The summed E-state index contributed by atoms with van der Waals surface area (Å²) in [6.45, 7) is 9.73. The molecule has 1 aromatic carbocycles. The molecule has 5 rings (SSSR count). The molecule has 5 aromatic rings.